The number of aryl methyl sites for hydroxylation is 2. The minimum absolute atomic E-state index is 0.0369. The first-order valence-electron chi connectivity index (χ1n) is 9.70. The van der Waals surface area contributed by atoms with E-state index in [1.807, 2.05) is 11.8 Å². The molecule has 30 heavy (non-hydrogen) atoms. The normalized spacial score (nSPS) is 22.6. The number of carbonyl (C=O) groups excluding carboxylic acids is 2. The van der Waals surface area contributed by atoms with Gasteiger partial charge in [0.15, 0.2) is 0 Å². The number of nitrogens with zero attached hydrogens (tertiary/aromatic N) is 4. The van der Waals surface area contributed by atoms with Crippen LogP contribution in [0.5, 0.6) is 0 Å². The number of carboxylic acid groups (broad SMARTS) is 1. The third-order valence-corrected chi connectivity index (χ3v) is 5.57. The SMILES string of the molecule is Cc1[nH]nc2c1CN(C(=O)[C@@H]1C[C@@H](O)[C@H](NC(=O)c3cn(C)cn3)C1)CC2.O=CO. The lowest BCUT2D eigenvalue weighted by atomic mass is 10.0. The van der Waals surface area contributed by atoms with Gasteiger partial charge in [0.25, 0.3) is 12.4 Å². The molecule has 1 saturated carbocycles. The van der Waals surface area contributed by atoms with Gasteiger partial charge in [0, 0.05) is 49.9 Å². The maximum absolute atomic E-state index is 12.9. The number of aromatic nitrogens is 4. The molecule has 2 aromatic rings. The van der Waals surface area contributed by atoms with Crippen molar-refractivity contribution in [2.24, 2.45) is 13.0 Å². The number of aliphatic hydroxyl groups excluding tert-OH is 1. The Morgan fingerprint density at radius 2 is 2.10 bits per heavy atom. The summed E-state index contributed by atoms with van der Waals surface area (Å²) >= 11 is 0. The van der Waals surface area contributed by atoms with Crippen LogP contribution in [0.15, 0.2) is 12.5 Å². The van der Waals surface area contributed by atoms with Crippen molar-refractivity contribution in [1.82, 2.24) is 30.0 Å². The number of fused-ring (bicyclic) bond motifs is 1. The van der Waals surface area contributed by atoms with E-state index < -0.39 is 12.1 Å². The molecule has 0 spiro atoms. The maximum Gasteiger partial charge on any atom is 0.290 e. The molecule has 1 aliphatic heterocycles. The summed E-state index contributed by atoms with van der Waals surface area (Å²) in [5, 5.41) is 27.3. The van der Waals surface area contributed by atoms with Gasteiger partial charge in [-0.05, 0) is 19.8 Å². The first-order valence-corrected chi connectivity index (χ1v) is 9.70. The number of H-pyrrole nitrogens is 1. The predicted molar refractivity (Wildman–Crippen MR) is 104 cm³/mol. The number of carbonyl (C=O) groups is 3. The van der Waals surface area contributed by atoms with Crippen LogP contribution in [0.4, 0.5) is 0 Å². The minimum atomic E-state index is -0.734. The molecule has 3 heterocycles. The van der Waals surface area contributed by atoms with Crippen molar-refractivity contribution in [2.45, 2.75) is 44.9 Å². The van der Waals surface area contributed by atoms with Gasteiger partial charge in [-0.1, -0.05) is 0 Å². The van der Waals surface area contributed by atoms with E-state index in [0.717, 1.165) is 23.4 Å². The van der Waals surface area contributed by atoms with Crippen LogP contribution in [0.25, 0.3) is 0 Å². The molecular weight excluding hydrogens is 392 g/mol. The number of aromatic amines is 1. The smallest absolute Gasteiger partial charge is 0.290 e. The summed E-state index contributed by atoms with van der Waals surface area (Å²) in [6.45, 7) is 2.89. The van der Waals surface area contributed by atoms with Gasteiger partial charge >= 0.3 is 0 Å². The Morgan fingerprint density at radius 1 is 1.37 bits per heavy atom. The molecule has 2 aliphatic rings. The second-order valence-corrected chi connectivity index (χ2v) is 7.63. The zero-order chi connectivity index (χ0) is 21.8. The van der Waals surface area contributed by atoms with Gasteiger partial charge in [0.1, 0.15) is 5.69 Å². The van der Waals surface area contributed by atoms with Gasteiger partial charge in [-0.2, -0.15) is 5.10 Å². The molecule has 3 atom stereocenters. The molecule has 1 aliphatic carbocycles. The number of nitrogens with one attached hydrogen (secondary N) is 2. The van der Waals surface area contributed by atoms with Gasteiger partial charge in [-0.15, -0.1) is 0 Å². The summed E-state index contributed by atoms with van der Waals surface area (Å²) in [5.74, 6) is -0.581. The molecule has 162 valence electrons. The van der Waals surface area contributed by atoms with Crippen LogP contribution >= 0.6 is 0 Å². The van der Waals surface area contributed by atoms with Crippen LogP contribution in [0, 0.1) is 12.8 Å². The topological polar surface area (TPSA) is 153 Å². The average molecular weight is 418 g/mol. The highest BCUT2D eigenvalue weighted by molar-refractivity contribution is 5.92. The number of rotatable bonds is 3. The van der Waals surface area contributed by atoms with Crippen molar-refractivity contribution >= 4 is 18.3 Å². The van der Waals surface area contributed by atoms with Crippen LogP contribution < -0.4 is 5.32 Å². The highest BCUT2D eigenvalue weighted by Gasteiger charge is 2.40. The van der Waals surface area contributed by atoms with Crippen LogP contribution in [0.2, 0.25) is 0 Å². The average Bonchev–Trinajstić information content (AvgIpc) is 3.41. The van der Waals surface area contributed by atoms with Crippen LogP contribution in [0.3, 0.4) is 0 Å². The number of hydrogen-bond donors (Lipinski definition) is 4. The summed E-state index contributed by atoms with van der Waals surface area (Å²) in [6.07, 6.45) is 3.97. The number of hydrogen-bond acceptors (Lipinski definition) is 6. The second kappa shape index (κ2) is 9.08. The largest absolute Gasteiger partial charge is 0.483 e. The van der Waals surface area contributed by atoms with Crippen molar-refractivity contribution in [3.05, 3.63) is 35.2 Å². The van der Waals surface area contributed by atoms with E-state index in [0.29, 0.717) is 31.6 Å². The number of amides is 2. The molecule has 0 saturated heterocycles. The van der Waals surface area contributed by atoms with Crippen molar-refractivity contribution < 1.29 is 24.6 Å². The van der Waals surface area contributed by atoms with E-state index in [1.165, 1.54) is 0 Å². The summed E-state index contributed by atoms with van der Waals surface area (Å²) in [7, 11) is 1.79. The van der Waals surface area contributed by atoms with E-state index in [4.69, 9.17) is 9.90 Å². The molecular formula is C19H26N6O5. The molecule has 0 bridgehead atoms. The summed E-state index contributed by atoms with van der Waals surface area (Å²) in [4.78, 5) is 39.4. The summed E-state index contributed by atoms with van der Waals surface area (Å²) in [6, 6.07) is -0.440. The Bertz CT molecular complexity index is 922. The monoisotopic (exact) mass is 418 g/mol. The molecule has 4 rings (SSSR count). The lowest BCUT2D eigenvalue weighted by molar-refractivity contribution is -0.136. The number of imidazole rings is 1. The fourth-order valence-electron chi connectivity index (χ4n) is 4.02. The van der Waals surface area contributed by atoms with Gasteiger partial charge in [0.2, 0.25) is 5.91 Å². The zero-order valence-corrected chi connectivity index (χ0v) is 16.9. The Hall–Kier alpha value is -3.21. The fraction of sp³-hybridized carbons (Fsp3) is 0.526. The van der Waals surface area contributed by atoms with E-state index in [-0.39, 0.29) is 24.2 Å². The van der Waals surface area contributed by atoms with Gasteiger partial charge < -0.3 is 25.0 Å². The van der Waals surface area contributed by atoms with Crippen LogP contribution in [0.1, 0.15) is 40.3 Å². The Balaban J connectivity index is 0.000000806. The highest BCUT2D eigenvalue weighted by Crippen LogP contribution is 2.30. The van der Waals surface area contributed by atoms with Crippen LogP contribution in [-0.2, 0) is 29.6 Å². The quantitative estimate of drug-likeness (QED) is 0.495. The van der Waals surface area contributed by atoms with Crippen molar-refractivity contribution in [3.8, 4) is 0 Å². The van der Waals surface area contributed by atoms with Crippen molar-refractivity contribution in [2.75, 3.05) is 6.54 Å². The molecule has 11 heteroatoms. The minimum Gasteiger partial charge on any atom is -0.483 e. The summed E-state index contributed by atoms with van der Waals surface area (Å²) in [5.41, 5.74) is 3.42. The Labute approximate surface area is 173 Å². The molecule has 1 fully saturated rings. The molecule has 0 unspecified atom stereocenters. The lowest BCUT2D eigenvalue weighted by Crippen LogP contribution is -2.41. The van der Waals surface area contributed by atoms with Gasteiger partial charge in [-0.3, -0.25) is 19.5 Å². The molecule has 11 nitrogen and oxygen atoms in total. The molecule has 2 amide bonds. The standard InChI is InChI=1S/C18H24N6O3.CH2O2/c1-10-12-7-24(4-3-13(12)22-21-10)18(27)11-5-14(16(25)6-11)20-17(26)15-8-23(2)9-19-15;2-1-3/h8-9,11,14,16,25H,3-7H2,1-2H3,(H,20,26)(H,21,22);1H,(H,2,3)/t11-,14+,16+;/m0./s1. The van der Waals surface area contributed by atoms with Gasteiger partial charge in [0.05, 0.1) is 24.2 Å². The number of aliphatic hydroxyl groups is 1. The van der Waals surface area contributed by atoms with E-state index in [1.54, 1.807) is 24.1 Å². The lowest BCUT2D eigenvalue weighted by Gasteiger charge is -2.29. The first-order chi connectivity index (χ1) is 14.3. The highest BCUT2D eigenvalue weighted by atomic mass is 16.3. The molecule has 0 aromatic carbocycles. The predicted octanol–water partition coefficient (Wildman–Crippen LogP) is -0.393. The Kier molecular flexibility index (Phi) is 6.50. The first kappa shape index (κ1) is 21.5. The van der Waals surface area contributed by atoms with Crippen LogP contribution in [-0.4, -0.2) is 71.8 Å². The van der Waals surface area contributed by atoms with E-state index in [2.05, 4.69) is 20.5 Å². The van der Waals surface area contributed by atoms with Crippen molar-refractivity contribution in [1.29, 1.82) is 0 Å². The van der Waals surface area contributed by atoms with Crippen molar-refractivity contribution in [3.63, 3.8) is 0 Å². The maximum atomic E-state index is 12.9. The van der Waals surface area contributed by atoms with E-state index in [9.17, 15) is 14.7 Å². The second-order valence-electron chi connectivity index (χ2n) is 7.63. The van der Waals surface area contributed by atoms with Gasteiger partial charge in [-0.25, -0.2) is 4.98 Å². The summed E-state index contributed by atoms with van der Waals surface area (Å²) < 4.78 is 1.69. The Morgan fingerprint density at radius 3 is 2.77 bits per heavy atom. The molecule has 2 aromatic heterocycles. The third kappa shape index (κ3) is 4.51. The third-order valence-electron chi connectivity index (χ3n) is 5.57. The zero-order valence-electron chi connectivity index (χ0n) is 16.9. The fourth-order valence-corrected chi connectivity index (χ4v) is 4.02. The van der Waals surface area contributed by atoms with E-state index >= 15 is 0 Å². The molecule has 0 radical (unpaired) electrons. The molecule has 4 N–H and O–H groups in total.